The molecule has 0 amide bonds. The van der Waals surface area contributed by atoms with Crippen molar-refractivity contribution in [3.63, 3.8) is 0 Å². The van der Waals surface area contributed by atoms with E-state index in [1.807, 2.05) is 12.3 Å². The van der Waals surface area contributed by atoms with Crippen LogP contribution in [0.1, 0.15) is 31.7 Å². The molecule has 9 heteroatoms. The zero-order chi connectivity index (χ0) is 21.9. The van der Waals surface area contributed by atoms with Gasteiger partial charge in [-0.3, -0.25) is 4.99 Å². The molecule has 0 aliphatic carbocycles. The summed E-state index contributed by atoms with van der Waals surface area (Å²) in [6.07, 6.45) is 3.74. The second kappa shape index (κ2) is 12.2. The summed E-state index contributed by atoms with van der Waals surface area (Å²) >= 11 is 4.70. The summed E-state index contributed by atoms with van der Waals surface area (Å²) in [5, 5.41) is 10.2. The normalized spacial score (nSPS) is 14.4. The summed E-state index contributed by atoms with van der Waals surface area (Å²) in [5.41, 5.74) is 1.78. The molecule has 6 nitrogen and oxygen atoms in total. The number of halogens is 2. The predicted octanol–water partition coefficient (Wildman–Crippen LogP) is 4.93. The van der Waals surface area contributed by atoms with E-state index < -0.39 is 0 Å². The summed E-state index contributed by atoms with van der Waals surface area (Å²) in [7, 11) is 0. The number of nitriles is 1. The number of thiazole rings is 1. The van der Waals surface area contributed by atoms with Gasteiger partial charge in [-0.25, -0.2) is 14.2 Å². The standard InChI is InChI=1S/C13H15N3O2S.C6H4BrF.C2H3N/c1-2-18-13(17)9-8-15-11(12-14-5-7-19-12)16-6-3-4-10(9)16;7-5-2-1-3-6(8)4-5;1-2-3/h5,7H,2-4,6,8H2,1H3;1-4H;1H3. The maximum atomic E-state index is 12.1. The van der Waals surface area contributed by atoms with E-state index in [1.165, 1.54) is 19.1 Å². The van der Waals surface area contributed by atoms with Crippen LogP contribution in [0.15, 0.2) is 56.6 Å². The lowest BCUT2D eigenvalue weighted by molar-refractivity contribution is -0.138. The molecule has 1 fully saturated rings. The van der Waals surface area contributed by atoms with Crippen LogP contribution in [-0.2, 0) is 9.53 Å². The maximum Gasteiger partial charge on any atom is 0.337 e. The molecule has 0 spiro atoms. The summed E-state index contributed by atoms with van der Waals surface area (Å²) in [4.78, 5) is 22.9. The van der Waals surface area contributed by atoms with Gasteiger partial charge in [0.2, 0.25) is 0 Å². The Kier molecular flexibility index (Phi) is 9.64. The van der Waals surface area contributed by atoms with Crippen molar-refractivity contribution in [2.75, 3.05) is 19.7 Å². The Bertz CT molecular complexity index is 937. The van der Waals surface area contributed by atoms with Crippen LogP contribution in [0, 0.1) is 17.1 Å². The largest absolute Gasteiger partial charge is 0.463 e. The van der Waals surface area contributed by atoms with Gasteiger partial charge in [0, 0.05) is 35.2 Å². The fourth-order valence-electron chi connectivity index (χ4n) is 2.93. The fraction of sp³-hybridized carbons (Fsp3) is 0.333. The number of amidine groups is 1. The fourth-order valence-corrected chi connectivity index (χ4v) is 3.95. The van der Waals surface area contributed by atoms with E-state index in [-0.39, 0.29) is 11.8 Å². The highest BCUT2D eigenvalue weighted by molar-refractivity contribution is 9.10. The number of hydrogen-bond donors (Lipinski definition) is 0. The molecule has 1 aromatic carbocycles. The Morgan fingerprint density at radius 2 is 2.23 bits per heavy atom. The molecule has 2 aliphatic heterocycles. The van der Waals surface area contributed by atoms with Crippen molar-refractivity contribution in [3.8, 4) is 6.07 Å². The topological polar surface area (TPSA) is 78.6 Å². The van der Waals surface area contributed by atoms with Crippen LogP contribution in [0.4, 0.5) is 4.39 Å². The monoisotopic (exact) mass is 492 g/mol. The quantitative estimate of drug-likeness (QED) is 0.567. The highest BCUT2D eigenvalue weighted by Crippen LogP contribution is 2.31. The molecule has 0 N–H and O–H groups in total. The molecule has 2 aromatic rings. The molecule has 0 saturated carbocycles. The lowest BCUT2D eigenvalue weighted by Crippen LogP contribution is -2.33. The third-order valence-corrected chi connectivity index (χ3v) is 5.31. The van der Waals surface area contributed by atoms with Crippen molar-refractivity contribution in [1.29, 1.82) is 5.26 Å². The van der Waals surface area contributed by atoms with Crippen molar-refractivity contribution in [2.24, 2.45) is 4.99 Å². The van der Waals surface area contributed by atoms with Crippen LogP contribution in [0.3, 0.4) is 0 Å². The molecular weight excluding hydrogens is 471 g/mol. The first-order chi connectivity index (χ1) is 14.5. The van der Waals surface area contributed by atoms with E-state index in [0.717, 1.165) is 40.4 Å². The number of benzene rings is 1. The van der Waals surface area contributed by atoms with Crippen molar-refractivity contribution < 1.29 is 13.9 Å². The number of nitrogens with zero attached hydrogens (tertiary/aromatic N) is 4. The number of hydrogen-bond acceptors (Lipinski definition) is 7. The van der Waals surface area contributed by atoms with Gasteiger partial charge in [0.1, 0.15) is 5.82 Å². The van der Waals surface area contributed by atoms with Crippen molar-refractivity contribution >= 4 is 39.1 Å². The minimum absolute atomic E-state index is 0.209. The lowest BCUT2D eigenvalue weighted by atomic mass is 10.1. The number of ether oxygens (including phenoxy) is 1. The maximum absolute atomic E-state index is 12.1. The van der Waals surface area contributed by atoms with Gasteiger partial charge < -0.3 is 9.64 Å². The molecule has 0 radical (unpaired) electrons. The first kappa shape index (κ1) is 23.7. The first-order valence-electron chi connectivity index (χ1n) is 9.34. The molecule has 0 bridgehead atoms. The van der Waals surface area contributed by atoms with Gasteiger partial charge in [-0.1, -0.05) is 22.0 Å². The van der Waals surface area contributed by atoms with Crippen LogP contribution in [0.5, 0.6) is 0 Å². The van der Waals surface area contributed by atoms with E-state index in [9.17, 15) is 9.18 Å². The molecule has 4 rings (SSSR count). The van der Waals surface area contributed by atoms with Crippen molar-refractivity contribution in [3.05, 3.63) is 62.4 Å². The minimum atomic E-state index is -0.230. The molecule has 1 saturated heterocycles. The predicted molar refractivity (Wildman–Crippen MR) is 119 cm³/mol. The Hall–Kier alpha value is -2.57. The average molecular weight is 493 g/mol. The summed E-state index contributed by atoms with van der Waals surface area (Å²) in [6, 6.07) is 8.01. The van der Waals surface area contributed by atoms with Crippen LogP contribution >= 0.6 is 27.3 Å². The van der Waals surface area contributed by atoms with Gasteiger partial charge in [0.25, 0.3) is 0 Å². The van der Waals surface area contributed by atoms with Crippen LogP contribution in [0.2, 0.25) is 0 Å². The molecule has 0 atom stereocenters. The Balaban J connectivity index is 0.000000243. The molecule has 3 heterocycles. The van der Waals surface area contributed by atoms with Gasteiger partial charge >= 0.3 is 5.97 Å². The zero-order valence-corrected chi connectivity index (χ0v) is 19.2. The van der Waals surface area contributed by atoms with E-state index >= 15 is 0 Å². The number of carbonyl (C=O) groups excluding carboxylic acids is 1. The van der Waals surface area contributed by atoms with Gasteiger partial charge in [-0.15, -0.1) is 11.3 Å². The number of aromatic nitrogens is 1. The van der Waals surface area contributed by atoms with Crippen molar-refractivity contribution in [2.45, 2.75) is 26.7 Å². The minimum Gasteiger partial charge on any atom is -0.463 e. The second-order valence-electron chi connectivity index (χ2n) is 6.04. The number of fused-ring (bicyclic) bond motifs is 1. The van der Waals surface area contributed by atoms with Crippen molar-refractivity contribution in [1.82, 2.24) is 9.88 Å². The van der Waals surface area contributed by atoms with E-state index in [2.05, 4.69) is 30.8 Å². The Morgan fingerprint density at radius 1 is 1.47 bits per heavy atom. The SMILES string of the molecule is CC#N.CCOC(=O)C1=C2CCCN2C(c2nccs2)=NC1.Fc1cccc(Br)c1. The van der Waals surface area contributed by atoms with Gasteiger partial charge in [0.05, 0.1) is 24.8 Å². The van der Waals surface area contributed by atoms with Crippen LogP contribution in [0.25, 0.3) is 0 Å². The average Bonchev–Trinajstić information content (AvgIpc) is 3.41. The van der Waals surface area contributed by atoms with Gasteiger partial charge in [-0.2, -0.15) is 5.26 Å². The van der Waals surface area contributed by atoms with Crippen LogP contribution in [-0.4, -0.2) is 41.4 Å². The third kappa shape index (κ3) is 6.47. The Morgan fingerprint density at radius 3 is 2.80 bits per heavy atom. The summed E-state index contributed by atoms with van der Waals surface area (Å²) in [5.74, 6) is 0.460. The number of aliphatic imine (C=N–C) groups is 1. The zero-order valence-electron chi connectivity index (χ0n) is 16.8. The molecule has 2 aliphatic rings. The molecule has 30 heavy (non-hydrogen) atoms. The molecular formula is C21H22BrFN4O2S. The van der Waals surface area contributed by atoms with Crippen LogP contribution < -0.4 is 0 Å². The highest BCUT2D eigenvalue weighted by Gasteiger charge is 2.32. The Labute approximate surface area is 187 Å². The second-order valence-corrected chi connectivity index (χ2v) is 7.85. The van der Waals surface area contributed by atoms with Gasteiger partial charge in [-0.05, 0) is 38.0 Å². The summed E-state index contributed by atoms with van der Waals surface area (Å²) < 4.78 is 18.0. The smallest absolute Gasteiger partial charge is 0.337 e. The van der Waals surface area contributed by atoms with E-state index in [4.69, 9.17) is 10.00 Å². The molecule has 158 valence electrons. The number of rotatable bonds is 3. The molecule has 0 unspecified atom stereocenters. The highest BCUT2D eigenvalue weighted by atomic mass is 79.9. The number of esters is 1. The molecule has 1 aromatic heterocycles. The summed E-state index contributed by atoms with van der Waals surface area (Å²) in [6.45, 7) is 4.96. The first-order valence-corrected chi connectivity index (χ1v) is 11.0. The third-order valence-electron chi connectivity index (χ3n) is 4.04. The lowest BCUT2D eigenvalue weighted by Gasteiger charge is -2.26. The van der Waals surface area contributed by atoms with E-state index in [1.54, 1.807) is 35.7 Å². The number of allylic oxidation sites excluding steroid dienone is 1. The van der Waals surface area contributed by atoms with Gasteiger partial charge in [0.15, 0.2) is 10.8 Å². The number of carbonyl (C=O) groups is 1. The van der Waals surface area contributed by atoms with E-state index in [0.29, 0.717) is 18.7 Å².